The van der Waals surface area contributed by atoms with Crippen molar-refractivity contribution < 1.29 is 8.42 Å². The van der Waals surface area contributed by atoms with Crippen LogP contribution in [0.3, 0.4) is 0 Å². The van der Waals surface area contributed by atoms with E-state index in [1.807, 2.05) is 6.92 Å². The Balaban J connectivity index is 3.23. The molecular formula is C7H8B2O2S. The van der Waals surface area contributed by atoms with Gasteiger partial charge in [0.1, 0.15) is 0 Å². The van der Waals surface area contributed by atoms with E-state index >= 15 is 0 Å². The van der Waals surface area contributed by atoms with Crippen molar-refractivity contribution in [3.63, 3.8) is 0 Å². The van der Waals surface area contributed by atoms with Crippen LogP contribution in [-0.2, 0) is 9.69 Å². The molecule has 0 amide bonds. The fourth-order valence-electron chi connectivity index (χ4n) is 0.824. The maximum atomic E-state index is 11.2. The molecule has 1 aromatic rings. The summed E-state index contributed by atoms with van der Waals surface area (Å²) in [4.78, 5) is 0.295. The van der Waals surface area contributed by atoms with E-state index in [0.29, 0.717) is 4.90 Å². The zero-order valence-electron chi connectivity index (χ0n) is 6.82. The van der Waals surface area contributed by atoms with Crippen LogP contribution in [0.5, 0.6) is 0 Å². The first-order chi connectivity index (χ1) is 5.56. The van der Waals surface area contributed by atoms with Gasteiger partial charge < -0.3 is 0 Å². The molecule has 12 heavy (non-hydrogen) atoms. The fourth-order valence-corrected chi connectivity index (χ4v) is 1.53. The van der Waals surface area contributed by atoms with Crippen molar-refractivity contribution >= 4 is 23.1 Å². The van der Waals surface area contributed by atoms with Gasteiger partial charge in [0.15, 0.2) is 0 Å². The van der Waals surface area contributed by atoms with Crippen LogP contribution in [0.2, 0.25) is 0 Å². The molecule has 0 aromatic heterocycles. The van der Waals surface area contributed by atoms with Crippen LogP contribution in [0, 0.1) is 6.92 Å². The molecule has 0 saturated carbocycles. The summed E-state index contributed by atoms with van der Waals surface area (Å²) >= 11 is 0. The second-order valence-corrected chi connectivity index (χ2v) is 4.42. The Hall–Kier alpha value is -0.700. The molecule has 0 N–H and O–H groups in total. The van der Waals surface area contributed by atoms with E-state index in [9.17, 15) is 8.42 Å². The van der Waals surface area contributed by atoms with Crippen molar-refractivity contribution in [3.8, 4) is 0 Å². The third-order valence-corrected chi connectivity index (χ3v) is 2.94. The molecule has 0 atom stereocenters. The Morgan fingerprint density at radius 2 is 1.75 bits per heavy atom. The van der Waals surface area contributed by atoms with Crippen molar-refractivity contribution in [2.75, 3.05) is 0 Å². The maximum absolute atomic E-state index is 11.2. The zero-order valence-corrected chi connectivity index (χ0v) is 7.64. The van der Waals surface area contributed by atoms with E-state index in [2.05, 4.69) is 7.37 Å². The number of rotatable bonds is 2. The standard InChI is InChI=1S/C7H8B2O2S/c1-6-2-4-7(5-3-6)12(10,11)9-8/h2-5,8H,1H3. The Labute approximate surface area is 73.7 Å². The van der Waals surface area contributed by atoms with Gasteiger partial charge in [-0.15, -0.1) is 0 Å². The summed E-state index contributed by atoms with van der Waals surface area (Å²) in [6.07, 6.45) is 0.956. The summed E-state index contributed by atoms with van der Waals surface area (Å²) in [6.45, 7) is 1.91. The van der Waals surface area contributed by atoms with Crippen molar-refractivity contribution in [3.05, 3.63) is 29.8 Å². The third-order valence-electron chi connectivity index (χ3n) is 1.57. The van der Waals surface area contributed by atoms with Crippen LogP contribution >= 0.6 is 0 Å². The number of aryl methyl sites for hydroxylation is 1. The van der Waals surface area contributed by atoms with Gasteiger partial charge in [0, 0.05) is 0 Å². The molecule has 2 nitrogen and oxygen atoms in total. The molecule has 5 heteroatoms. The molecule has 1 aromatic carbocycles. The number of benzene rings is 1. The number of hydrogen-bond donors (Lipinski definition) is 0. The SMILES string of the molecule is B=BS(=O)(=O)c1ccc(C)cc1. The van der Waals surface area contributed by atoms with E-state index < -0.39 is 9.69 Å². The van der Waals surface area contributed by atoms with E-state index in [0.717, 1.165) is 11.6 Å². The van der Waals surface area contributed by atoms with E-state index in [1.54, 1.807) is 24.3 Å². The molecule has 0 saturated heterocycles. The fraction of sp³-hybridized carbons (Fsp3) is 0.143. The van der Waals surface area contributed by atoms with Gasteiger partial charge in [-0.1, -0.05) is 0 Å². The average Bonchev–Trinajstić information content (AvgIpc) is 2.05. The first kappa shape index (κ1) is 9.39. The second-order valence-electron chi connectivity index (χ2n) is 2.52. The first-order valence-electron chi connectivity index (χ1n) is 3.50. The Bertz CT molecular complexity index is 380. The molecule has 0 fully saturated rings. The molecule has 1 rings (SSSR count). The van der Waals surface area contributed by atoms with Crippen LogP contribution in [0.25, 0.3) is 0 Å². The topological polar surface area (TPSA) is 34.1 Å². The normalized spacial score (nSPS) is 10.7. The van der Waals surface area contributed by atoms with Gasteiger partial charge in [0.25, 0.3) is 0 Å². The van der Waals surface area contributed by atoms with Crippen LogP contribution in [-0.4, -0.2) is 21.9 Å². The predicted molar refractivity (Wildman–Crippen MR) is 51.3 cm³/mol. The molecule has 0 heterocycles. The summed E-state index contributed by atoms with van der Waals surface area (Å²) in [7, 11) is -0.00786. The van der Waals surface area contributed by atoms with Gasteiger partial charge in [0.05, 0.1) is 0 Å². The van der Waals surface area contributed by atoms with E-state index in [4.69, 9.17) is 0 Å². The van der Waals surface area contributed by atoms with Gasteiger partial charge in [-0.2, -0.15) is 0 Å². The predicted octanol–water partition coefficient (Wildman–Crippen LogP) is 0.204. The minimum absolute atomic E-state index is 0.295. The first-order valence-corrected chi connectivity index (χ1v) is 5.05. The molecule has 0 aliphatic heterocycles. The Morgan fingerprint density at radius 1 is 1.25 bits per heavy atom. The van der Waals surface area contributed by atoms with Crippen LogP contribution in [0.4, 0.5) is 0 Å². The molecule has 60 valence electrons. The number of hydrogen-bond acceptors (Lipinski definition) is 2. The molecule has 0 radical (unpaired) electrons. The average molecular weight is 178 g/mol. The molecule has 0 spiro atoms. The molecule has 0 unspecified atom stereocenters. The van der Waals surface area contributed by atoms with Gasteiger partial charge in [-0.3, -0.25) is 0 Å². The summed E-state index contributed by atoms with van der Waals surface area (Å²) in [5.74, 6) is 0. The van der Waals surface area contributed by atoms with Crippen LogP contribution in [0.1, 0.15) is 5.56 Å². The van der Waals surface area contributed by atoms with Gasteiger partial charge in [0.2, 0.25) is 0 Å². The van der Waals surface area contributed by atoms with Crippen molar-refractivity contribution in [2.24, 2.45) is 0 Å². The summed E-state index contributed by atoms with van der Waals surface area (Å²) in [5, 5.41) is 0. The van der Waals surface area contributed by atoms with Crippen LogP contribution < -0.4 is 0 Å². The van der Waals surface area contributed by atoms with Gasteiger partial charge in [-0.05, 0) is 0 Å². The third kappa shape index (κ3) is 1.91. The minimum atomic E-state index is -3.25. The monoisotopic (exact) mass is 178 g/mol. The second kappa shape index (κ2) is 3.35. The molecule has 0 bridgehead atoms. The quantitative estimate of drug-likeness (QED) is 0.606. The van der Waals surface area contributed by atoms with E-state index in [-0.39, 0.29) is 0 Å². The summed E-state index contributed by atoms with van der Waals surface area (Å²) in [5.41, 5.74) is 1.04. The summed E-state index contributed by atoms with van der Waals surface area (Å²) < 4.78 is 22.4. The Morgan fingerprint density at radius 3 is 2.17 bits per heavy atom. The molecule has 0 aliphatic rings. The molecular weight excluding hydrogens is 170 g/mol. The van der Waals surface area contributed by atoms with E-state index in [1.165, 1.54) is 0 Å². The summed E-state index contributed by atoms with van der Waals surface area (Å²) in [6, 6.07) is 6.67. The van der Waals surface area contributed by atoms with Crippen molar-refractivity contribution in [2.45, 2.75) is 11.8 Å². The van der Waals surface area contributed by atoms with Crippen molar-refractivity contribution in [1.29, 1.82) is 0 Å². The van der Waals surface area contributed by atoms with Crippen molar-refractivity contribution in [1.82, 2.24) is 0 Å². The van der Waals surface area contributed by atoms with Gasteiger partial charge in [-0.25, -0.2) is 0 Å². The zero-order chi connectivity index (χ0) is 9.19. The van der Waals surface area contributed by atoms with Gasteiger partial charge >= 0.3 is 73.2 Å². The molecule has 0 aliphatic carbocycles. The van der Waals surface area contributed by atoms with Crippen LogP contribution in [0.15, 0.2) is 29.2 Å². The Kier molecular flexibility index (Phi) is 2.62.